The smallest absolute Gasteiger partial charge is 0.208 e. The van der Waals surface area contributed by atoms with Crippen molar-refractivity contribution in [2.45, 2.75) is 6.54 Å². The van der Waals surface area contributed by atoms with Crippen LogP contribution in [0.5, 0.6) is 5.75 Å². The minimum atomic E-state index is 0.399. The molecule has 5 heteroatoms. The van der Waals surface area contributed by atoms with Crippen molar-refractivity contribution >= 4 is 22.6 Å². The number of hydrogen-bond donors (Lipinski definition) is 1. The molecular formula is C27H22ClN3O. The van der Waals surface area contributed by atoms with Gasteiger partial charge in [-0.1, -0.05) is 72.3 Å². The first-order chi connectivity index (χ1) is 15.7. The van der Waals surface area contributed by atoms with Crippen LogP contribution in [0, 0.1) is 5.41 Å². The number of methoxy groups -OCH3 is 1. The third-order valence-electron chi connectivity index (χ3n) is 5.71. The van der Waals surface area contributed by atoms with Crippen molar-refractivity contribution in [3.8, 4) is 22.6 Å². The van der Waals surface area contributed by atoms with Gasteiger partial charge in [-0.05, 0) is 47.5 Å². The molecule has 0 spiro atoms. The Morgan fingerprint density at radius 3 is 2.19 bits per heavy atom. The Balaban J connectivity index is 1.61. The molecule has 0 atom stereocenters. The fraction of sp³-hybridized carbons (Fsp3) is 0.0741. The maximum atomic E-state index is 8.98. The van der Waals surface area contributed by atoms with Gasteiger partial charge in [-0.2, -0.15) is 0 Å². The maximum Gasteiger partial charge on any atom is 0.208 e. The Hall–Kier alpha value is -3.76. The topological polar surface area (TPSA) is 42.9 Å². The normalized spacial score (nSPS) is 11.1. The lowest BCUT2D eigenvalue weighted by Gasteiger charge is -2.10. The highest BCUT2D eigenvalue weighted by Gasteiger charge is 2.14. The van der Waals surface area contributed by atoms with Crippen molar-refractivity contribution in [2.75, 3.05) is 7.11 Å². The predicted molar refractivity (Wildman–Crippen MR) is 130 cm³/mol. The Morgan fingerprint density at radius 1 is 0.781 bits per heavy atom. The summed E-state index contributed by atoms with van der Waals surface area (Å²) in [6, 6.07) is 32.1. The lowest BCUT2D eigenvalue weighted by Crippen LogP contribution is -2.24. The van der Waals surface area contributed by atoms with E-state index in [1.54, 1.807) is 7.11 Å². The molecule has 5 rings (SSSR count). The maximum absolute atomic E-state index is 8.98. The molecule has 4 nitrogen and oxygen atoms in total. The quantitative estimate of drug-likeness (QED) is 0.343. The summed E-state index contributed by atoms with van der Waals surface area (Å²) in [5.41, 5.74) is 6.40. The van der Waals surface area contributed by atoms with Gasteiger partial charge in [-0.3, -0.25) is 9.98 Å². The number of imidazole rings is 1. The lowest BCUT2D eigenvalue weighted by molar-refractivity contribution is 0.416. The summed E-state index contributed by atoms with van der Waals surface area (Å²) < 4.78 is 9.47. The lowest BCUT2D eigenvalue weighted by atomic mass is 10.0. The largest absolute Gasteiger partial charge is 0.496 e. The van der Waals surface area contributed by atoms with Gasteiger partial charge < -0.3 is 9.30 Å². The minimum Gasteiger partial charge on any atom is -0.496 e. The van der Waals surface area contributed by atoms with Crippen LogP contribution in [0.15, 0.2) is 97.1 Å². The number of halogens is 1. The number of benzene rings is 4. The number of rotatable bonds is 5. The van der Waals surface area contributed by atoms with Crippen LogP contribution in [0.1, 0.15) is 5.56 Å². The summed E-state index contributed by atoms with van der Waals surface area (Å²) in [7, 11) is 1.68. The molecule has 0 aliphatic carbocycles. The zero-order valence-corrected chi connectivity index (χ0v) is 18.4. The minimum absolute atomic E-state index is 0.399. The first-order valence-electron chi connectivity index (χ1n) is 10.4. The highest BCUT2D eigenvalue weighted by atomic mass is 35.5. The summed E-state index contributed by atoms with van der Waals surface area (Å²) in [5.74, 6) is 0.838. The van der Waals surface area contributed by atoms with Crippen LogP contribution in [0.25, 0.3) is 27.8 Å². The van der Waals surface area contributed by atoms with Crippen LogP contribution in [0.2, 0.25) is 5.02 Å². The SMILES string of the molecule is COc1ccccc1-c1ccc(-n2c(=N)n(Cc3ccccc3Cl)c3ccccc32)cc1. The van der Waals surface area contributed by atoms with E-state index in [2.05, 4.69) is 12.1 Å². The van der Waals surface area contributed by atoms with Crippen LogP contribution >= 0.6 is 11.6 Å². The molecule has 5 aromatic rings. The zero-order chi connectivity index (χ0) is 22.1. The van der Waals surface area contributed by atoms with Gasteiger partial charge in [-0.15, -0.1) is 0 Å². The van der Waals surface area contributed by atoms with E-state index in [9.17, 15) is 0 Å². The fourth-order valence-corrected chi connectivity index (χ4v) is 4.32. The van der Waals surface area contributed by atoms with Crippen LogP contribution < -0.4 is 10.4 Å². The molecule has 0 amide bonds. The summed E-state index contributed by atoms with van der Waals surface area (Å²) in [6.45, 7) is 0.533. The van der Waals surface area contributed by atoms with Gasteiger partial charge in [0.05, 0.1) is 24.7 Å². The molecule has 0 bridgehead atoms. The van der Waals surface area contributed by atoms with E-state index in [4.69, 9.17) is 21.7 Å². The molecule has 0 fully saturated rings. The molecule has 0 saturated carbocycles. The molecule has 32 heavy (non-hydrogen) atoms. The Kier molecular flexibility index (Phi) is 5.29. The molecular weight excluding hydrogens is 418 g/mol. The van der Waals surface area contributed by atoms with Gasteiger partial charge in [-0.25, -0.2) is 0 Å². The number of nitrogens with zero attached hydrogens (tertiary/aromatic N) is 2. The van der Waals surface area contributed by atoms with Gasteiger partial charge >= 0.3 is 0 Å². The molecule has 0 saturated heterocycles. The summed E-state index contributed by atoms with van der Waals surface area (Å²) in [6.07, 6.45) is 0. The second-order valence-electron chi connectivity index (χ2n) is 7.57. The molecule has 4 aromatic carbocycles. The predicted octanol–water partition coefficient (Wildman–Crippen LogP) is 6.29. The Bertz CT molecular complexity index is 1460. The average Bonchev–Trinajstić information content (AvgIpc) is 3.12. The van der Waals surface area contributed by atoms with Gasteiger partial charge in [0.2, 0.25) is 5.62 Å². The highest BCUT2D eigenvalue weighted by molar-refractivity contribution is 6.31. The number of para-hydroxylation sites is 3. The first kappa shape index (κ1) is 20.2. The van der Waals surface area contributed by atoms with Crippen molar-refractivity contribution in [3.05, 3.63) is 113 Å². The molecule has 158 valence electrons. The van der Waals surface area contributed by atoms with Crippen LogP contribution in [0.4, 0.5) is 0 Å². The van der Waals surface area contributed by atoms with Crippen molar-refractivity contribution in [1.29, 1.82) is 5.41 Å². The zero-order valence-electron chi connectivity index (χ0n) is 17.6. The van der Waals surface area contributed by atoms with E-state index < -0.39 is 0 Å². The Morgan fingerprint density at radius 2 is 1.44 bits per heavy atom. The Labute approximate surface area is 191 Å². The van der Waals surface area contributed by atoms with Gasteiger partial charge in [0, 0.05) is 16.3 Å². The number of aromatic nitrogens is 2. The highest BCUT2D eigenvalue weighted by Crippen LogP contribution is 2.30. The van der Waals surface area contributed by atoms with Gasteiger partial charge in [0.1, 0.15) is 5.75 Å². The summed E-state index contributed by atoms with van der Waals surface area (Å²) in [4.78, 5) is 0. The van der Waals surface area contributed by atoms with E-state index in [1.165, 1.54) is 0 Å². The molecule has 0 aliphatic heterocycles. The molecule has 0 aliphatic rings. The molecule has 1 heterocycles. The van der Waals surface area contributed by atoms with Gasteiger partial charge in [0.15, 0.2) is 0 Å². The number of hydrogen-bond acceptors (Lipinski definition) is 2. The molecule has 0 unspecified atom stereocenters. The molecule has 1 aromatic heterocycles. The molecule has 1 N–H and O–H groups in total. The second kappa shape index (κ2) is 8.40. The van der Waals surface area contributed by atoms with E-state index in [0.29, 0.717) is 17.2 Å². The number of fused-ring (bicyclic) bond motifs is 1. The van der Waals surface area contributed by atoms with Crippen LogP contribution in [-0.4, -0.2) is 16.2 Å². The molecule has 0 radical (unpaired) electrons. The third-order valence-corrected chi connectivity index (χ3v) is 6.08. The van der Waals surface area contributed by atoms with Crippen LogP contribution in [0.3, 0.4) is 0 Å². The van der Waals surface area contributed by atoms with Crippen LogP contribution in [-0.2, 0) is 6.54 Å². The summed E-state index contributed by atoms with van der Waals surface area (Å²) in [5, 5.41) is 9.68. The second-order valence-corrected chi connectivity index (χ2v) is 7.98. The van der Waals surface area contributed by atoms with E-state index in [0.717, 1.165) is 39.2 Å². The van der Waals surface area contributed by atoms with E-state index in [-0.39, 0.29) is 0 Å². The van der Waals surface area contributed by atoms with Crippen molar-refractivity contribution in [2.24, 2.45) is 0 Å². The third kappa shape index (κ3) is 3.49. The number of ether oxygens (including phenoxy) is 1. The average molecular weight is 440 g/mol. The first-order valence-corrected chi connectivity index (χ1v) is 10.8. The van der Waals surface area contributed by atoms with E-state index >= 15 is 0 Å². The van der Waals surface area contributed by atoms with Crippen molar-refractivity contribution < 1.29 is 4.74 Å². The van der Waals surface area contributed by atoms with E-state index in [1.807, 2.05) is 94.1 Å². The van der Waals surface area contributed by atoms with Crippen molar-refractivity contribution in [3.63, 3.8) is 0 Å². The standard InChI is InChI=1S/C27H22ClN3O/c1-32-26-13-7-3-9-22(26)19-14-16-21(17-15-19)31-25-12-6-5-11-24(25)30(27(31)29)18-20-8-2-4-10-23(20)28/h2-17,29H,18H2,1H3. The summed E-state index contributed by atoms with van der Waals surface area (Å²) >= 11 is 6.41. The monoisotopic (exact) mass is 439 g/mol. The van der Waals surface area contributed by atoms with Gasteiger partial charge in [0.25, 0.3) is 0 Å². The fourth-order valence-electron chi connectivity index (χ4n) is 4.12. The van der Waals surface area contributed by atoms with Crippen molar-refractivity contribution in [1.82, 2.24) is 9.13 Å². The number of nitrogens with one attached hydrogen (secondary N) is 1.